The minimum Gasteiger partial charge on any atom is -0.456 e. The molecular weight excluding hydrogens is 285 g/mol. The second-order valence-corrected chi connectivity index (χ2v) is 5.95. The summed E-state index contributed by atoms with van der Waals surface area (Å²) in [7, 11) is 0. The largest absolute Gasteiger partial charge is 0.456 e. The fraction of sp³-hybridized carbons (Fsp3) is 0.294. The summed E-state index contributed by atoms with van der Waals surface area (Å²) in [4.78, 5) is 0. The molecular formula is C17H18FNOS. The first-order valence-corrected chi connectivity index (χ1v) is 8.09. The molecule has 0 aliphatic rings. The third-order valence-electron chi connectivity index (χ3n) is 3.60. The van der Waals surface area contributed by atoms with Crippen molar-refractivity contribution in [2.75, 3.05) is 6.54 Å². The average molecular weight is 303 g/mol. The van der Waals surface area contributed by atoms with E-state index >= 15 is 0 Å². The Hall–Kier alpha value is -1.65. The molecule has 1 atom stereocenters. The summed E-state index contributed by atoms with van der Waals surface area (Å²) >= 11 is 1.68. The average Bonchev–Trinajstić information content (AvgIpc) is 3.07. The molecule has 1 N–H and O–H groups in total. The van der Waals surface area contributed by atoms with E-state index in [2.05, 4.69) is 29.9 Å². The topological polar surface area (TPSA) is 25.2 Å². The van der Waals surface area contributed by atoms with Gasteiger partial charge in [0.15, 0.2) is 11.4 Å². The van der Waals surface area contributed by atoms with Crippen LogP contribution in [0.15, 0.2) is 39.4 Å². The van der Waals surface area contributed by atoms with E-state index in [4.69, 9.17) is 4.42 Å². The van der Waals surface area contributed by atoms with Gasteiger partial charge in [0.05, 0.1) is 6.04 Å². The fourth-order valence-corrected chi connectivity index (χ4v) is 3.39. The molecule has 0 saturated carbocycles. The number of furan rings is 1. The number of nitrogens with one attached hydrogen (secondary N) is 1. The van der Waals surface area contributed by atoms with Gasteiger partial charge in [-0.2, -0.15) is 11.3 Å². The molecule has 2 nitrogen and oxygen atoms in total. The van der Waals surface area contributed by atoms with Crippen molar-refractivity contribution < 1.29 is 8.81 Å². The first kappa shape index (κ1) is 14.3. The van der Waals surface area contributed by atoms with Crippen LogP contribution >= 0.6 is 11.3 Å². The Bertz CT molecular complexity index is 746. The summed E-state index contributed by atoms with van der Waals surface area (Å²) in [5, 5.41) is 8.56. The van der Waals surface area contributed by atoms with Crippen molar-refractivity contribution in [1.82, 2.24) is 5.32 Å². The number of hydrogen-bond acceptors (Lipinski definition) is 3. The van der Waals surface area contributed by atoms with Crippen molar-refractivity contribution in [3.63, 3.8) is 0 Å². The molecule has 0 bridgehead atoms. The number of hydrogen-bond donors (Lipinski definition) is 1. The molecule has 110 valence electrons. The molecule has 0 aliphatic heterocycles. The Kier molecular flexibility index (Phi) is 4.08. The maximum absolute atomic E-state index is 13.8. The molecule has 0 amide bonds. The smallest absolute Gasteiger partial charge is 0.169 e. The first-order chi connectivity index (χ1) is 10.2. The van der Waals surface area contributed by atoms with Gasteiger partial charge in [0.1, 0.15) is 5.76 Å². The quantitative estimate of drug-likeness (QED) is 0.715. The maximum atomic E-state index is 13.8. The molecule has 0 fully saturated rings. The van der Waals surface area contributed by atoms with Crippen molar-refractivity contribution in [3.8, 4) is 0 Å². The van der Waals surface area contributed by atoms with Gasteiger partial charge in [0.2, 0.25) is 0 Å². The second-order valence-electron chi connectivity index (χ2n) is 5.20. The van der Waals surface area contributed by atoms with Crippen LogP contribution in [0.25, 0.3) is 11.0 Å². The van der Waals surface area contributed by atoms with Crippen LogP contribution in [0, 0.1) is 12.7 Å². The summed E-state index contributed by atoms with van der Waals surface area (Å²) in [6.07, 6.45) is 1.04. The minimum absolute atomic E-state index is 0.0250. The van der Waals surface area contributed by atoms with E-state index in [9.17, 15) is 4.39 Å². The molecule has 1 aromatic carbocycles. The van der Waals surface area contributed by atoms with Crippen molar-refractivity contribution >= 4 is 22.3 Å². The minimum atomic E-state index is -0.310. The summed E-state index contributed by atoms with van der Waals surface area (Å²) in [6, 6.07) is 6.93. The van der Waals surface area contributed by atoms with Gasteiger partial charge in [-0.1, -0.05) is 19.1 Å². The number of rotatable bonds is 5. The van der Waals surface area contributed by atoms with Gasteiger partial charge in [-0.15, -0.1) is 0 Å². The third kappa shape index (κ3) is 2.74. The Morgan fingerprint density at radius 3 is 2.86 bits per heavy atom. The van der Waals surface area contributed by atoms with Gasteiger partial charge >= 0.3 is 0 Å². The lowest BCUT2D eigenvalue weighted by Gasteiger charge is -2.16. The summed E-state index contributed by atoms with van der Waals surface area (Å²) in [5.41, 5.74) is 2.77. The summed E-state index contributed by atoms with van der Waals surface area (Å²) in [5.74, 6) is 0.458. The van der Waals surface area contributed by atoms with Gasteiger partial charge < -0.3 is 9.73 Å². The molecule has 21 heavy (non-hydrogen) atoms. The third-order valence-corrected chi connectivity index (χ3v) is 4.48. The predicted octanol–water partition coefficient (Wildman–Crippen LogP) is 5.03. The van der Waals surface area contributed by atoms with E-state index in [-0.39, 0.29) is 11.9 Å². The van der Waals surface area contributed by atoms with Crippen LogP contribution in [-0.2, 0) is 0 Å². The van der Waals surface area contributed by atoms with E-state index in [0.717, 1.165) is 24.1 Å². The Labute approximate surface area is 127 Å². The molecule has 0 spiro atoms. The van der Waals surface area contributed by atoms with Crippen LogP contribution in [0.1, 0.15) is 36.3 Å². The van der Waals surface area contributed by atoms with Gasteiger partial charge in [0, 0.05) is 5.39 Å². The highest BCUT2D eigenvalue weighted by Gasteiger charge is 2.21. The molecule has 2 aromatic heterocycles. The highest BCUT2D eigenvalue weighted by atomic mass is 32.1. The molecule has 0 radical (unpaired) electrons. The van der Waals surface area contributed by atoms with Crippen LogP contribution in [0.4, 0.5) is 4.39 Å². The summed E-state index contributed by atoms with van der Waals surface area (Å²) < 4.78 is 19.6. The van der Waals surface area contributed by atoms with Crippen molar-refractivity contribution in [2.24, 2.45) is 0 Å². The lowest BCUT2D eigenvalue weighted by molar-refractivity contribution is 0.458. The van der Waals surface area contributed by atoms with Crippen LogP contribution in [0.5, 0.6) is 0 Å². The number of fused-ring (bicyclic) bond motifs is 1. The highest BCUT2D eigenvalue weighted by molar-refractivity contribution is 7.08. The first-order valence-electron chi connectivity index (χ1n) is 7.14. The molecule has 3 rings (SSSR count). The van der Waals surface area contributed by atoms with E-state index < -0.39 is 0 Å². The standard InChI is InChI=1S/C17H18FNOS/c1-3-7-19-16(13-10-21-9-11(13)2)15-8-12-5-4-6-14(18)17(12)20-15/h4-6,8-10,16,19H,3,7H2,1-2H3. The van der Waals surface area contributed by atoms with Crippen LogP contribution in [-0.4, -0.2) is 6.54 Å². The maximum Gasteiger partial charge on any atom is 0.169 e. The second kappa shape index (κ2) is 6.00. The van der Waals surface area contributed by atoms with E-state index in [0.29, 0.717) is 5.58 Å². The molecule has 3 aromatic rings. The molecule has 0 saturated heterocycles. The number of para-hydroxylation sites is 1. The van der Waals surface area contributed by atoms with Gasteiger partial charge in [-0.05, 0) is 53.9 Å². The SMILES string of the molecule is CCCNC(c1cc2cccc(F)c2o1)c1cscc1C. The van der Waals surface area contributed by atoms with E-state index in [1.165, 1.54) is 17.2 Å². The van der Waals surface area contributed by atoms with E-state index in [1.54, 1.807) is 17.4 Å². The number of halogens is 1. The molecule has 1 unspecified atom stereocenters. The molecule has 2 heterocycles. The van der Waals surface area contributed by atoms with Crippen molar-refractivity contribution in [2.45, 2.75) is 26.3 Å². The van der Waals surface area contributed by atoms with Crippen molar-refractivity contribution in [3.05, 3.63) is 57.7 Å². The zero-order chi connectivity index (χ0) is 14.8. The van der Waals surface area contributed by atoms with Crippen LogP contribution in [0.2, 0.25) is 0 Å². The Balaban J connectivity index is 2.05. The zero-order valence-electron chi connectivity index (χ0n) is 12.2. The van der Waals surface area contributed by atoms with Gasteiger partial charge in [0.25, 0.3) is 0 Å². The number of aryl methyl sites for hydroxylation is 1. The molecule has 0 aliphatic carbocycles. The van der Waals surface area contributed by atoms with Crippen LogP contribution < -0.4 is 5.32 Å². The molecule has 4 heteroatoms. The monoisotopic (exact) mass is 303 g/mol. The number of benzene rings is 1. The Morgan fingerprint density at radius 1 is 1.33 bits per heavy atom. The van der Waals surface area contributed by atoms with Gasteiger partial charge in [-0.3, -0.25) is 0 Å². The van der Waals surface area contributed by atoms with Crippen LogP contribution in [0.3, 0.4) is 0 Å². The Morgan fingerprint density at radius 2 is 2.19 bits per heavy atom. The normalized spacial score (nSPS) is 12.9. The van der Waals surface area contributed by atoms with Gasteiger partial charge in [-0.25, -0.2) is 4.39 Å². The lowest BCUT2D eigenvalue weighted by atomic mass is 10.0. The fourth-order valence-electron chi connectivity index (χ4n) is 2.51. The summed E-state index contributed by atoms with van der Waals surface area (Å²) in [6.45, 7) is 5.11. The number of thiophene rings is 1. The van der Waals surface area contributed by atoms with Crippen molar-refractivity contribution in [1.29, 1.82) is 0 Å². The highest BCUT2D eigenvalue weighted by Crippen LogP contribution is 2.32. The zero-order valence-corrected chi connectivity index (χ0v) is 13.0. The predicted molar refractivity (Wildman–Crippen MR) is 85.4 cm³/mol. The lowest BCUT2D eigenvalue weighted by Crippen LogP contribution is -2.22. The van der Waals surface area contributed by atoms with E-state index in [1.807, 2.05) is 12.1 Å².